The molecule has 0 heterocycles. The summed E-state index contributed by atoms with van der Waals surface area (Å²) in [6, 6.07) is 10.3. The molecule has 2 rings (SSSR count). The summed E-state index contributed by atoms with van der Waals surface area (Å²) in [6.45, 7) is 0.0932. The number of nitrogens with one attached hydrogen (secondary N) is 2. The standard InChI is InChI=1S/C15H22N2O2/c1-16-12-7-9-13(10-8-12)17-15(18)11-19-14-5-3-2-4-6-14/h2-6,12-13,16H,7-11H2,1H3,(H,17,18). The Hall–Kier alpha value is -1.55. The number of carbonyl (C=O) groups excluding carboxylic acids is 1. The van der Waals surface area contributed by atoms with Gasteiger partial charge in [0.15, 0.2) is 6.61 Å². The van der Waals surface area contributed by atoms with Crippen molar-refractivity contribution in [3.8, 4) is 5.75 Å². The van der Waals surface area contributed by atoms with E-state index in [2.05, 4.69) is 10.6 Å². The lowest BCUT2D eigenvalue weighted by Crippen LogP contribution is -2.42. The lowest BCUT2D eigenvalue weighted by molar-refractivity contribution is -0.124. The number of hydrogen-bond donors (Lipinski definition) is 2. The highest BCUT2D eigenvalue weighted by Gasteiger charge is 2.21. The molecule has 0 spiro atoms. The zero-order valence-electron chi connectivity index (χ0n) is 11.4. The second-order valence-electron chi connectivity index (χ2n) is 5.01. The van der Waals surface area contributed by atoms with Crippen molar-refractivity contribution in [3.63, 3.8) is 0 Å². The number of hydrogen-bond acceptors (Lipinski definition) is 3. The Morgan fingerprint density at radius 1 is 1.16 bits per heavy atom. The highest BCUT2D eigenvalue weighted by Crippen LogP contribution is 2.18. The summed E-state index contributed by atoms with van der Waals surface area (Å²) in [6.07, 6.45) is 4.34. The number of amides is 1. The maximum absolute atomic E-state index is 11.8. The summed E-state index contributed by atoms with van der Waals surface area (Å²) >= 11 is 0. The predicted octanol–water partition coefficient (Wildman–Crippen LogP) is 1.71. The van der Waals surface area contributed by atoms with E-state index in [4.69, 9.17) is 4.74 Å². The lowest BCUT2D eigenvalue weighted by Gasteiger charge is -2.28. The van der Waals surface area contributed by atoms with Crippen molar-refractivity contribution in [2.45, 2.75) is 37.8 Å². The van der Waals surface area contributed by atoms with Crippen molar-refractivity contribution in [1.82, 2.24) is 10.6 Å². The lowest BCUT2D eigenvalue weighted by atomic mass is 9.91. The van der Waals surface area contributed by atoms with Gasteiger partial charge >= 0.3 is 0 Å². The van der Waals surface area contributed by atoms with Crippen LogP contribution in [0.5, 0.6) is 5.75 Å². The Labute approximate surface area is 114 Å². The Morgan fingerprint density at radius 3 is 2.42 bits per heavy atom. The minimum atomic E-state index is -0.0308. The molecule has 0 bridgehead atoms. The van der Waals surface area contributed by atoms with E-state index in [1.54, 1.807) is 0 Å². The van der Waals surface area contributed by atoms with E-state index in [1.165, 1.54) is 0 Å². The monoisotopic (exact) mass is 262 g/mol. The molecule has 19 heavy (non-hydrogen) atoms. The van der Waals surface area contributed by atoms with E-state index in [-0.39, 0.29) is 12.5 Å². The first-order valence-corrected chi connectivity index (χ1v) is 6.92. The molecule has 4 heteroatoms. The molecule has 0 saturated heterocycles. The van der Waals surface area contributed by atoms with Gasteiger partial charge in [0.25, 0.3) is 5.91 Å². The fourth-order valence-corrected chi connectivity index (χ4v) is 2.46. The fourth-order valence-electron chi connectivity index (χ4n) is 2.46. The summed E-state index contributed by atoms with van der Waals surface area (Å²) in [5, 5.41) is 6.33. The van der Waals surface area contributed by atoms with Gasteiger partial charge in [-0.25, -0.2) is 0 Å². The van der Waals surface area contributed by atoms with E-state index in [0.717, 1.165) is 31.4 Å². The molecule has 0 atom stereocenters. The maximum Gasteiger partial charge on any atom is 0.258 e. The minimum absolute atomic E-state index is 0.0308. The van der Waals surface area contributed by atoms with Crippen LogP contribution < -0.4 is 15.4 Å². The van der Waals surface area contributed by atoms with Gasteiger partial charge in [-0.2, -0.15) is 0 Å². The Bertz CT molecular complexity index is 386. The highest BCUT2D eigenvalue weighted by atomic mass is 16.5. The van der Waals surface area contributed by atoms with Gasteiger partial charge < -0.3 is 15.4 Å². The first-order chi connectivity index (χ1) is 9.28. The third kappa shape index (κ3) is 4.56. The van der Waals surface area contributed by atoms with E-state index in [9.17, 15) is 4.79 Å². The molecular weight excluding hydrogens is 240 g/mol. The zero-order valence-corrected chi connectivity index (χ0v) is 11.4. The number of carbonyl (C=O) groups is 1. The molecule has 0 aliphatic heterocycles. The van der Waals surface area contributed by atoms with E-state index in [0.29, 0.717) is 12.1 Å². The van der Waals surface area contributed by atoms with Crippen molar-refractivity contribution in [3.05, 3.63) is 30.3 Å². The number of ether oxygens (including phenoxy) is 1. The van der Waals surface area contributed by atoms with Crippen LogP contribution in [0.15, 0.2) is 30.3 Å². The van der Waals surface area contributed by atoms with Gasteiger partial charge in [-0.05, 0) is 44.9 Å². The molecule has 104 valence electrons. The van der Waals surface area contributed by atoms with Crippen LogP contribution in [-0.4, -0.2) is 31.6 Å². The summed E-state index contributed by atoms with van der Waals surface area (Å²) in [4.78, 5) is 11.8. The molecular formula is C15H22N2O2. The van der Waals surface area contributed by atoms with Crippen LogP contribution in [0.1, 0.15) is 25.7 Å². The van der Waals surface area contributed by atoms with Gasteiger partial charge in [0.1, 0.15) is 5.75 Å². The quantitative estimate of drug-likeness (QED) is 0.849. The van der Waals surface area contributed by atoms with Crippen LogP contribution in [0.4, 0.5) is 0 Å². The third-order valence-electron chi connectivity index (χ3n) is 3.61. The molecule has 1 fully saturated rings. The van der Waals surface area contributed by atoms with E-state index in [1.807, 2.05) is 37.4 Å². The SMILES string of the molecule is CNC1CCC(NC(=O)COc2ccccc2)CC1. The molecule has 4 nitrogen and oxygen atoms in total. The van der Waals surface area contributed by atoms with Crippen molar-refractivity contribution >= 4 is 5.91 Å². The Morgan fingerprint density at radius 2 is 1.79 bits per heavy atom. The Kier molecular flexibility index (Phi) is 5.21. The summed E-state index contributed by atoms with van der Waals surface area (Å²) in [5.74, 6) is 0.702. The van der Waals surface area contributed by atoms with Crippen LogP contribution in [-0.2, 0) is 4.79 Å². The van der Waals surface area contributed by atoms with E-state index >= 15 is 0 Å². The molecule has 1 amide bonds. The zero-order chi connectivity index (χ0) is 13.5. The van der Waals surface area contributed by atoms with E-state index < -0.39 is 0 Å². The van der Waals surface area contributed by atoms with Gasteiger partial charge in [0.05, 0.1) is 0 Å². The average molecular weight is 262 g/mol. The average Bonchev–Trinajstić information content (AvgIpc) is 2.47. The van der Waals surface area contributed by atoms with Gasteiger partial charge in [-0.3, -0.25) is 4.79 Å². The van der Waals surface area contributed by atoms with Crippen LogP contribution in [0.3, 0.4) is 0 Å². The van der Waals surface area contributed by atoms with Crippen molar-refractivity contribution in [2.24, 2.45) is 0 Å². The smallest absolute Gasteiger partial charge is 0.258 e. The normalized spacial score (nSPS) is 22.8. The van der Waals surface area contributed by atoms with Crippen LogP contribution in [0.2, 0.25) is 0 Å². The molecule has 0 aromatic heterocycles. The molecule has 2 N–H and O–H groups in total. The molecule has 1 saturated carbocycles. The van der Waals surface area contributed by atoms with Crippen LogP contribution in [0, 0.1) is 0 Å². The molecule has 1 aliphatic carbocycles. The first kappa shape index (κ1) is 13.9. The van der Waals surface area contributed by atoms with Crippen molar-refractivity contribution < 1.29 is 9.53 Å². The van der Waals surface area contributed by atoms with Gasteiger partial charge in [-0.15, -0.1) is 0 Å². The summed E-state index contributed by atoms with van der Waals surface area (Å²) in [7, 11) is 2.00. The predicted molar refractivity (Wildman–Crippen MR) is 75.2 cm³/mol. The second-order valence-corrected chi connectivity index (χ2v) is 5.01. The third-order valence-corrected chi connectivity index (χ3v) is 3.61. The largest absolute Gasteiger partial charge is 0.484 e. The van der Waals surface area contributed by atoms with Crippen LogP contribution >= 0.6 is 0 Å². The molecule has 0 unspecified atom stereocenters. The van der Waals surface area contributed by atoms with Crippen LogP contribution in [0.25, 0.3) is 0 Å². The molecule has 1 aromatic carbocycles. The summed E-state index contributed by atoms with van der Waals surface area (Å²) < 4.78 is 5.43. The molecule has 1 aliphatic rings. The highest BCUT2D eigenvalue weighted by molar-refractivity contribution is 5.77. The van der Waals surface area contributed by atoms with Crippen molar-refractivity contribution in [1.29, 1.82) is 0 Å². The molecule has 0 radical (unpaired) electrons. The first-order valence-electron chi connectivity index (χ1n) is 6.92. The summed E-state index contributed by atoms with van der Waals surface area (Å²) in [5.41, 5.74) is 0. The number of benzene rings is 1. The molecule has 1 aromatic rings. The van der Waals surface area contributed by atoms with Gasteiger partial charge in [0, 0.05) is 12.1 Å². The number of para-hydroxylation sites is 1. The topological polar surface area (TPSA) is 50.4 Å². The van der Waals surface area contributed by atoms with Gasteiger partial charge in [-0.1, -0.05) is 18.2 Å². The Balaban J connectivity index is 1.67. The minimum Gasteiger partial charge on any atom is -0.484 e. The number of rotatable bonds is 5. The maximum atomic E-state index is 11.8. The second kappa shape index (κ2) is 7.14. The van der Waals surface area contributed by atoms with Gasteiger partial charge in [0.2, 0.25) is 0 Å². The fraction of sp³-hybridized carbons (Fsp3) is 0.533. The van der Waals surface area contributed by atoms with Crippen molar-refractivity contribution in [2.75, 3.05) is 13.7 Å².